The van der Waals surface area contributed by atoms with Crippen molar-refractivity contribution in [2.45, 2.75) is 6.54 Å². The Labute approximate surface area is 109 Å². The zero-order valence-corrected chi connectivity index (χ0v) is 10.5. The number of aromatic carboxylic acids is 1. The van der Waals surface area contributed by atoms with Gasteiger partial charge in [0.05, 0.1) is 18.4 Å². The van der Waals surface area contributed by atoms with Gasteiger partial charge in [0.25, 0.3) is 0 Å². The Morgan fingerprint density at radius 3 is 2.72 bits per heavy atom. The van der Waals surface area contributed by atoms with Crippen molar-refractivity contribution in [3.05, 3.63) is 46.7 Å². The van der Waals surface area contributed by atoms with Crippen molar-refractivity contribution in [1.29, 1.82) is 0 Å². The van der Waals surface area contributed by atoms with E-state index in [0.29, 0.717) is 17.3 Å². The quantitative estimate of drug-likeness (QED) is 0.891. The minimum Gasteiger partial charge on any atom is -0.478 e. The van der Waals surface area contributed by atoms with E-state index >= 15 is 0 Å². The minimum atomic E-state index is -0.976. The first-order valence-electron chi connectivity index (χ1n) is 5.31. The number of nitrogens with one attached hydrogen (secondary N) is 1. The Morgan fingerprint density at radius 1 is 1.44 bits per heavy atom. The second kappa shape index (κ2) is 5.10. The van der Waals surface area contributed by atoms with Crippen LogP contribution in [0.25, 0.3) is 0 Å². The number of aromatic nitrogens is 2. The van der Waals surface area contributed by atoms with Crippen LogP contribution >= 0.6 is 11.6 Å². The lowest BCUT2D eigenvalue weighted by Crippen LogP contribution is -2.10. The Bertz CT molecular complexity index is 563. The fourth-order valence-electron chi connectivity index (χ4n) is 1.60. The second-order valence-corrected chi connectivity index (χ2v) is 4.23. The van der Waals surface area contributed by atoms with Crippen LogP contribution in [0.2, 0.25) is 5.02 Å². The van der Waals surface area contributed by atoms with Gasteiger partial charge in [-0.25, -0.2) is 4.79 Å². The molecule has 0 atom stereocenters. The Balaban J connectivity index is 2.12. The maximum Gasteiger partial charge on any atom is 0.339 e. The molecule has 2 N–H and O–H groups in total. The fourth-order valence-corrected chi connectivity index (χ4v) is 1.73. The molecule has 18 heavy (non-hydrogen) atoms. The number of hydrogen-bond donors (Lipinski definition) is 2. The van der Waals surface area contributed by atoms with E-state index in [9.17, 15) is 4.79 Å². The van der Waals surface area contributed by atoms with E-state index in [4.69, 9.17) is 16.7 Å². The van der Waals surface area contributed by atoms with Crippen molar-refractivity contribution in [3.63, 3.8) is 0 Å². The lowest BCUT2D eigenvalue weighted by Gasteiger charge is -2.08. The molecule has 5 nitrogen and oxygen atoms in total. The van der Waals surface area contributed by atoms with Crippen LogP contribution in [0, 0.1) is 0 Å². The first-order chi connectivity index (χ1) is 8.58. The molecule has 0 fully saturated rings. The summed E-state index contributed by atoms with van der Waals surface area (Å²) in [4.78, 5) is 11.0. The first kappa shape index (κ1) is 12.4. The van der Waals surface area contributed by atoms with Crippen molar-refractivity contribution < 1.29 is 9.90 Å². The maximum atomic E-state index is 11.0. The summed E-state index contributed by atoms with van der Waals surface area (Å²) in [5.41, 5.74) is 1.70. The van der Waals surface area contributed by atoms with E-state index in [1.54, 1.807) is 23.9 Å². The number of nitrogens with zero attached hydrogens (tertiary/aromatic N) is 2. The first-order valence-corrected chi connectivity index (χ1v) is 5.69. The Kier molecular flexibility index (Phi) is 3.53. The van der Waals surface area contributed by atoms with Crippen molar-refractivity contribution in [2.24, 2.45) is 7.05 Å². The molecule has 2 aromatic rings. The second-order valence-electron chi connectivity index (χ2n) is 3.79. The van der Waals surface area contributed by atoms with Crippen molar-refractivity contribution in [2.75, 3.05) is 5.32 Å². The number of benzene rings is 1. The molecule has 0 aliphatic heterocycles. The third kappa shape index (κ3) is 2.62. The molecule has 1 heterocycles. The summed E-state index contributed by atoms with van der Waals surface area (Å²) in [6, 6.07) is 7.20. The van der Waals surface area contributed by atoms with Crippen molar-refractivity contribution in [3.8, 4) is 0 Å². The highest BCUT2D eigenvalue weighted by Gasteiger charge is 2.14. The topological polar surface area (TPSA) is 67.2 Å². The molecule has 1 aromatic carbocycles. The van der Waals surface area contributed by atoms with Crippen LogP contribution in [-0.4, -0.2) is 20.9 Å². The number of aryl methyl sites for hydroxylation is 1. The molecular weight excluding hydrogens is 254 g/mol. The van der Waals surface area contributed by atoms with Crippen LogP contribution in [0.3, 0.4) is 0 Å². The normalized spacial score (nSPS) is 10.3. The molecule has 0 aliphatic carbocycles. The van der Waals surface area contributed by atoms with Crippen LogP contribution in [0.5, 0.6) is 0 Å². The summed E-state index contributed by atoms with van der Waals surface area (Å²) < 4.78 is 1.55. The summed E-state index contributed by atoms with van der Waals surface area (Å²) in [7, 11) is 1.71. The van der Waals surface area contributed by atoms with Gasteiger partial charge in [-0.3, -0.25) is 4.68 Å². The van der Waals surface area contributed by atoms with Gasteiger partial charge in [-0.2, -0.15) is 5.10 Å². The largest absolute Gasteiger partial charge is 0.478 e. The average molecular weight is 266 g/mol. The molecule has 1 aromatic heterocycles. The highest BCUT2D eigenvalue weighted by molar-refractivity contribution is 6.30. The van der Waals surface area contributed by atoms with Gasteiger partial charge in [0.15, 0.2) is 0 Å². The van der Waals surface area contributed by atoms with Crippen LogP contribution in [0.15, 0.2) is 30.5 Å². The molecular formula is C12H12ClN3O2. The van der Waals surface area contributed by atoms with E-state index in [0.717, 1.165) is 5.69 Å². The Morgan fingerprint density at radius 2 is 2.11 bits per heavy atom. The fraction of sp³-hybridized carbons (Fsp3) is 0.167. The molecule has 0 bridgehead atoms. The van der Waals surface area contributed by atoms with Crippen LogP contribution < -0.4 is 5.32 Å². The third-order valence-corrected chi connectivity index (χ3v) is 2.85. The standard InChI is InChI=1S/C12H12ClN3O2/c1-16-11(10(6-15-16)12(17)18)7-14-9-4-2-8(13)3-5-9/h2-6,14H,7H2,1H3,(H,17,18). The van der Waals surface area contributed by atoms with Crippen LogP contribution in [-0.2, 0) is 13.6 Å². The SMILES string of the molecule is Cn1ncc(C(=O)O)c1CNc1ccc(Cl)cc1. The lowest BCUT2D eigenvalue weighted by atomic mass is 10.2. The molecule has 0 aliphatic rings. The number of rotatable bonds is 4. The molecule has 0 amide bonds. The molecule has 0 saturated heterocycles. The van der Waals surface area contributed by atoms with Gasteiger partial charge in [-0.05, 0) is 24.3 Å². The van der Waals surface area contributed by atoms with Gasteiger partial charge >= 0.3 is 5.97 Å². The highest BCUT2D eigenvalue weighted by Crippen LogP contribution is 2.15. The predicted octanol–water partition coefficient (Wildman–Crippen LogP) is 2.38. The molecule has 94 valence electrons. The number of carbonyl (C=O) groups is 1. The molecule has 2 rings (SSSR count). The summed E-state index contributed by atoms with van der Waals surface area (Å²) in [6.45, 7) is 0.389. The van der Waals surface area contributed by atoms with Gasteiger partial charge < -0.3 is 10.4 Å². The number of carboxylic acids is 1. The smallest absolute Gasteiger partial charge is 0.339 e. The lowest BCUT2D eigenvalue weighted by molar-refractivity contribution is 0.0695. The van der Waals surface area contributed by atoms with E-state index in [-0.39, 0.29) is 5.56 Å². The molecule has 0 saturated carbocycles. The summed E-state index contributed by atoms with van der Waals surface area (Å²) in [6.07, 6.45) is 1.35. The zero-order chi connectivity index (χ0) is 13.1. The van der Waals surface area contributed by atoms with Crippen molar-refractivity contribution in [1.82, 2.24) is 9.78 Å². The van der Waals surface area contributed by atoms with Gasteiger partial charge in [0, 0.05) is 17.8 Å². The molecule has 0 spiro atoms. The summed E-state index contributed by atoms with van der Waals surface area (Å²) in [5.74, 6) is -0.976. The molecule has 0 radical (unpaired) electrons. The molecule has 0 unspecified atom stereocenters. The molecule has 6 heteroatoms. The maximum absolute atomic E-state index is 11.0. The zero-order valence-electron chi connectivity index (χ0n) is 9.72. The van der Waals surface area contributed by atoms with Gasteiger partial charge in [0.2, 0.25) is 0 Å². The van der Waals surface area contributed by atoms with Crippen molar-refractivity contribution >= 4 is 23.3 Å². The predicted molar refractivity (Wildman–Crippen MR) is 68.9 cm³/mol. The van der Waals surface area contributed by atoms with E-state index in [1.807, 2.05) is 12.1 Å². The van der Waals surface area contributed by atoms with Gasteiger partial charge in [-0.15, -0.1) is 0 Å². The van der Waals surface area contributed by atoms with E-state index in [2.05, 4.69) is 10.4 Å². The monoisotopic (exact) mass is 265 g/mol. The Hall–Kier alpha value is -2.01. The van der Waals surface area contributed by atoms with Crippen LogP contribution in [0.4, 0.5) is 5.69 Å². The number of carboxylic acid groups (broad SMARTS) is 1. The number of halogens is 1. The van der Waals surface area contributed by atoms with E-state index in [1.165, 1.54) is 6.20 Å². The van der Waals surface area contributed by atoms with Gasteiger partial charge in [0.1, 0.15) is 5.56 Å². The van der Waals surface area contributed by atoms with Gasteiger partial charge in [-0.1, -0.05) is 11.6 Å². The number of hydrogen-bond acceptors (Lipinski definition) is 3. The van der Waals surface area contributed by atoms with E-state index < -0.39 is 5.97 Å². The number of anilines is 1. The third-order valence-electron chi connectivity index (χ3n) is 2.60. The average Bonchev–Trinajstić information content (AvgIpc) is 2.70. The summed E-state index contributed by atoms with van der Waals surface area (Å²) >= 11 is 5.78. The summed E-state index contributed by atoms with van der Waals surface area (Å²) in [5, 5.41) is 16.7. The van der Waals surface area contributed by atoms with Crippen LogP contribution in [0.1, 0.15) is 16.1 Å². The highest BCUT2D eigenvalue weighted by atomic mass is 35.5. The minimum absolute atomic E-state index is 0.207.